The van der Waals surface area contributed by atoms with Crippen LogP contribution in [0.5, 0.6) is 0 Å². The molecule has 6 nitrogen and oxygen atoms in total. The topological polar surface area (TPSA) is 84.0 Å². The molecule has 2 heterocycles. The van der Waals surface area contributed by atoms with Crippen molar-refractivity contribution >= 4 is 45.3 Å². The van der Waals surface area contributed by atoms with Crippen LogP contribution in [-0.4, -0.2) is 34.2 Å². The van der Waals surface area contributed by atoms with E-state index in [9.17, 15) is 9.59 Å². The molecule has 0 fully saturated rings. The second kappa shape index (κ2) is 7.37. The van der Waals surface area contributed by atoms with E-state index in [2.05, 4.69) is 20.6 Å². The maximum absolute atomic E-state index is 11.7. The molecule has 21 heavy (non-hydrogen) atoms. The van der Waals surface area contributed by atoms with Crippen molar-refractivity contribution in [1.29, 1.82) is 0 Å². The van der Waals surface area contributed by atoms with Gasteiger partial charge in [-0.1, -0.05) is 25.6 Å². The van der Waals surface area contributed by atoms with E-state index >= 15 is 0 Å². The molecular formula is C13H16N4O2S2. The third-order valence-corrected chi connectivity index (χ3v) is 4.32. The Hall–Kier alpha value is -1.67. The first-order valence-electron chi connectivity index (χ1n) is 6.45. The number of thioether (sulfide) groups is 1. The van der Waals surface area contributed by atoms with Crippen molar-refractivity contribution in [2.75, 3.05) is 12.3 Å². The lowest BCUT2D eigenvalue weighted by Gasteiger charge is -2.08. The average Bonchev–Trinajstić information content (AvgIpc) is 2.91. The van der Waals surface area contributed by atoms with Gasteiger partial charge in [0.15, 0.2) is 0 Å². The fourth-order valence-electron chi connectivity index (χ4n) is 1.52. The molecule has 0 radical (unpaired) electrons. The third kappa shape index (κ3) is 4.68. The Balaban J connectivity index is 1.84. The average molecular weight is 324 g/mol. The van der Waals surface area contributed by atoms with Crippen LogP contribution < -0.4 is 10.6 Å². The highest BCUT2D eigenvalue weighted by Gasteiger charge is 2.11. The van der Waals surface area contributed by atoms with Crippen molar-refractivity contribution in [3.8, 4) is 0 Å². The van der Waals surface area contributed by atoms with E-state index in [1.165, 1.54) is 29.4 Å². The number of amides is 3. The molecule has 2 rings (SSSR count). The van der Waals surface area contributed by atoms with Crippen molar-refractivity contribution < 1.29 is 9.59 Å². The minimum absolute atomic E-state index is 0.136. The summed E-state index contributed by atoms with van der Waals surface area (Å²) in [5, 5.41) is 8.55. The standard InChI is InChI=1S/C13H16N4O2S2/c1-8(2)5-14-13(19)17-10(18)6-21-12-9-3-4-20-11(9)15-7-16-12/h3-4,7-8H,5-6H2,1-2H3,(H2,14,17,18,19). The van der Waals surface area contributed by atoms with E-state index in [1.54, 1.807) is 0 Å². The SMILES string of the molecule is CC(C)CNC(=O)NC(=O)CSc1ncnc2sccc12. The number of aromatic nitrogens is 2. The van der Waals surface area contributed by atoms with E-state index in [1.807, 2.05) is 25.3 Å². The normalized spacial score (nSPS) is 10.8. The second-order valence-corrected chi connectivity index (χ2v) is 6.62. The number of carbonyl (C=O) groups is 2. The number of nitrogens with one attached hydrogen (secondary N) is 2. The molecular weight excluding hydrogens is 308 g/mol. The molecule has 0 aromatic carbocycles. The van der Waals surface area contributed by atoms with E-state index in [0.717, 1.165) is 15.2 Å². The Morgan fingerprint density at radius 2 is 2.19 bits per heavy atom. The van der Waals surface area contributed by atoms with Gasteiger partial charge in [0.25, 0.3) is 0 Å². The number of imide groups is 1. The summed E-state index contributed by atoms with van der Waals surface area (Å²) in [6.07, 6.45) is 1.48. The molecule has 0 saturated carbocycles. The molecule has 0 aliphatic heterocycles. The fourth-order valence-corrected chi connectivity index (χ4v) is 3.10. The van der Waals surface area contributed by atoms with Crippen LogP contribution in [0.3, 0.4) is 0 Å². The molecule has 2 aromatic heterocycles. The van der Waals surface area contributed by atoms with Crippen LogP contribution in [0.2, 0.25) is 0 Å². The number of carbonyl (C=O) groups excluding carboxylic acids is 2. The molecule has 0 bridgehead atoms. The minimum Gasteiger partial charge on any atom is -0.338 e. The summed E-state index contributed by atoms with van der Waals surface area (Å²) in [5.41, 5.74) is 0. The Labute approximate surface area is 130 Å². The monoisotopic (exact) mass is 324 g/mol. The summed E-state index contributed by atoms with van der Waals surface area (Å²) in [6, 6.07) is 1.47. The lowest BCUT2D eigenvalue weighted by atomic mass is 10.2. The van der Waals surface area contributed by atoms with Crippen LogP contribution in [0.4, 0.5) is 4.79 Å². The van der Waals surface area contributed by atoms with E-state index in [4.69, 9.17) is 0 Å². The Bertz CT molecular complexity index is 642. The van der Waals surface area contributed by atoms with Crippen LogP contribution in [0.25, 0.3) is 10.2 Å². The third-order valence-electron chi connectivity index (χ3n) is 2.49. The summed E-state index contributed by atoms with van der Waals surface area (Å²) in [4.78, 5) is 32.4. The highest BCUT2D eigenvalue weighted by atomic mass is 32.2. The van der Waals surface area contributed by atoms with Gasteiger partial charge in [0.1, 0.15) is 16.2 Å². The maximum atomic E-state index is 11.7. The number of thiophene rings is 1. The van der Waals surface area contributed by atoms with Gasteiger partial charge in [-0.2, -0.15) is 0 Å². The van der Waals surface area contributed by atoms with Gasteiger partial charge in [-0.05, 0) is 17.4 Å². The number of fused-ring (bicyclic) bond motifs is 1. The first-order valence-corrected chi connectivity index (χ1v) is 8.31. The first-order chi connectivity index (χ1) is 10.1. The lowest BCUT2D eigenvalue weighted by molar-refractivity contribution is -0.117. The minimum atomic E-state index is -0.460. The van der Waals surface area contributed by atoms with Crippen LogP contribution >= 0.6 is 23.1 Å². The number of nitrogens with zero attached hydrogens (tertiary/aromatic N) is 2. The molecule has 112 valence electrons. The molecule has 0 atom stereocenters. The smallest absolute Gasteiger partial charge is 0.321 e. The van der Waals surface area contributed by atoms with Crippen molar-refractivity contribution in [2.24, 2.45) is 5.92 Å². The first kappa shape index (κ1) is 15.7. The molecule has 0 aliphatic carbocycles. The molecule has 0 spiro atoms. The van der Waals surface area contributed by atoms with Gasteiger partial charge in [0.2, 0.25) is 5.91 Å². The van der Waals surface area contributed by atoms with Gasteiger partial charge >= 0.3 is 6.03 Å². The van der Waals surface area contributed by atoms with Crippen molar-refractivity contribution in [3.63, 3.8) is 0 Å². The number of urea groups is 1. The molecule has 0 unspecified atom stereocenters. The van der Waals surface area contributed by atoms with Gasteiger partial charge < -0.3 is 5.32 Å². The lowest BCUT2D eigenvalue weighted by Crippen LogP contribution is -2.41. The highest BCUT2D eigenvalue weighted by Crippen LogP contribution is 2.27. The van der Waals surface area contributed by atoms with Crippen molar-refractivity contribution in [1.82, 2.24) is 20.6 Å². The molecule has 0 saturated heterocycles. The van der Waals surface area contributed by atoms with Crippen LogP contribution in [0.1, 0.15) is 13.8 Å². The Morgan fingerprint density at radius 1 is 1.38 bits per heavy atom. The quantitative estimate of drug-likeness (QED) is 0.651. The Morgan fingerprint density at radius 3 is 2.95 bits per heavy atom. The Kier molecular flexibility index (Phi) is 5.51. The summed E-state index contributed by atoms with van der Waals surface area (Å²) >= 11 is 2.82. The number of hydrogen-bond acceptors (Lipinski definition) is 6. The zero-order chi connectivity index (χ0) is 15.2. The van der Waals surface area contributed by atoms with E-state index in [-0.39, 0.29) is 11.7 Å². The molecule has 2 aromatic rings. The van der Waals surface area contributed by atoms with Crippen LogP contribution in [-0.2, 0) is 4.79 Å². The summed E-state index contributed by atoms with van der Waals surface area (Å²) < 4.78 is 0. The van der Waals surface area contributed by atoms with Gasteiger partial charge in [-0.15, -0.1) is 11.3 Å². The van der Waals surface area contributed by atoms with Crippen molar-refractivity contribution in [2.45, 2.75) is 18.9 Å². The van der Waals surface area contributed by atoms with Gasteiger partial charge in [-0.3, -0.25) is 10.1 Å². The van der Waals surface area contributed by atoms with Crippen molar-refractivity contribution in [3.05, 3.63) is 17.8 Å². The molecule has 2 N–H and O–H groups in total. The predicted octanol–water partition coefficient (Wildman–Crippen LogP) is 2.27. The van der Waals surface area contributed by atoms with Crippen LogP contribution in [0.15, 0.2) is 22.8 Å². The van der Waals surface area contributed by atoms with Gasteiger partial charge in [-0.25, -0.2) is 14.8 Å². The number of rotatable bonds is 5. The van der Waals surface area contributed by atoms with E-state index < -0.39 is 6.03 Å². The summed E-state index contributed by atoms with van der Waals surface area (Å²) in [6.45, 7) is 4.51. The zero-order valence-electron chi connectivity index (χ0n) is 11.8. The van der Waals surface area contributed by atoms with Gasteiger partial charge in [0.05, 0.1) is 5.75 Å². The van der Waals surface area contributed by atoms with Crippen LogP contribution in [0, 0.1) is 5.92 Å². The predicted molar refractivity (Wildman–Crippen MR) is 84.5 cm³/mol. The second-order valence-electron chi connectivity index (χ2n) is 4.76. The summed E-state index contributed by atoms with van der Waals surface area (Å²) in [7, 11) is 0. The van der Waals surface area contributed by atoms with Gasteiger partial charge in [0, 0.05) is 11.9 Å². The maximum Gasteiger partial charge on any atom is 0.321 e. The molecule has 3 amide bonds. The fraction of sp³-hybridized carbons (Fsp3) is 0.385. The molecule has 8 heteroatoms. The molecule has 0 aliphatic rings. The zero-order valence-corrected chi connectivity index (χ0v) is 13.4. The largest absolute Gasteiger partial charge is 0.338 e. The highest BCUT2D eigenvalue weighted by molar-refractivity contribution is 8.00. The number of hydrogen-bond donors (Lipinski definition) is 2. The van der Waals surface area contributed by atoms with E-state index in [0.29, 0.717) is 12.5 Å². The summed E-state index contributed by atoms with van der Waals surface area (Å²) in [5.74, 6) is 0.133.